The molecule has 0 saturated carbocycles. The van der Waals surface area contributed by atoms with Gasteiger partial charge in [0.05, 0.1) is 0 Å². The summed E-state index contributed by atoms with van der Waals surface area (Å²) in [5.41, 5.74) is 0.506. The average Bonchev–Trinajstić information content (AvgIpc) is 2.49. The molecule has 134 valence electrons. The van der Waals surface area contributed by atoms with Crippen molar-refractivity contribution in [3.63, 3.8) is 0 Å². The summed E-state index contributed by atoms with van der Waals surface area (Å²) < 4.78 is 0. The maximum Gasteiger partial charge on any atom is 0.194 e. The highest BCUT2D eigenvalue weighted by atomic mass is 15.4. The van der Waals surface area contributed by atoms with Gasteiger partial charge in [-0.1, -0.05) is 20.8 Å². The molecule has 0 aromatic rings. The molecule has 5 heteroatoms. The van der Waals surface area contributed by atoms with E-state index < -0.39 is 0 Å². The van der Waals surface area contributed by atoms with Gasteiger partial charge in [-0.05, 0) is 26.8 Å². The molecule has 1 N–H and O–H groups in total. The van der Waals surface area contributed by atoms with E-state index in [2.05, 4.69) is 66.7 Å². The lowest BCUT2D eigenvalue weighted by atomic mass is 9.65. The number of likely N-dealkylation sites (N-methyl/N-ethyl adjacent to an activating group) is 1. The van der Waals surface area contributed by atoms with Crippen molar-refractivity contribution >= 4 is 5.96 Å². The van der Waals surface area contributed by atoms with E-state index in [0.29, 0.717) is 11.3 Å². The third kappa shape index (κ3) is 4.00. The van der Waals surface area contributed by atoms with Crippen molar-refractivity contribution in [3.8, 4) is 0 Å². The number of aliphatic imine (C=N–C) groups is 1. The van der Waals surface area contributed by atoms with E-state index in [1.165, 1.54) is 32.7 Å². The van der Waals surface area contributed by atoms with Crippen LogP contribution in [-0.4, -0.2) is 86.1 Å². The molecule has 2 rings (SSSR count). The zero-order valence-corrected chi connectivity index (χ0v) is 16.3. The highest BCUT2D eigenvalue weighted by molar-refractivity contribution is 5.82. The van der Waals surface area contributed by atoms with Crippen LogP contribution in [0.4, 0.5) is 0 Å². The Kier molecular flexibility index (Phi) is 5.62. The highest BCUT2D eigenvalue weighted by Gasteiger charge is 2.53. The minimum absolute atomic E-state index is 0.162. The first-order valence-electron chi connectivity index (χ1n) is 9.06. The summed E-state index contributed by atoms with van der Waals surface area (Å²) in [5, 5.41) is 3.60. The summed E-state index contributed by atoms with van der Waals surface area (Å²) in [7, 11) is 4.11. The van der Waals surface area contributed by atoms with Crippen LogP contribution in [0.5, 0.6) is 0 Å². The zero-order valence-electron chi connectivity index (χ0n) is 16.3. The quantitative estimate of drug-likeness (QED) is 0.629. The number of piperazine rings is 1. The topological polar surface area (TPSA) is 34.1 Å². The number of nitrogens with zero attached hydrogens (tertiary/aromatic N) is 4. The minimum Gasteiger partial charge on any atom is -0.356 e. The predicted octanol–water partition coefficient (Wildman–Crippen LogP) is 1.57. The molecule has 1 unspecified atom stereocenters. The van der Waals surface area contributed by atoms with Crippen LogP contribution in [0, 0.1) is 11.3 Å². The number of nitrogens with one attached hydrogen (secondary N) is 1. The Bertz CT molecular complexity index is 421. The van der Waals surface area contributed by atoms with Crippen LogP contribution in [-0.2, 0) is 0 Å². The lowest BCUT2D eigenvalue weighted by Gasteiger charge is -2.62. The summed E-state index contributed by atoms with van der Waals surface area (Å²) in [6.07, 6.45) is 0. The maximum absolute atomic E-state index is 4.51. The molecule has 0 aromatic heterocycles. The van der Waals surface area contributed by atoms with E-state index in [9.17, 15) is 0 Å². The van der Waals surface area contributed by atoms with Crippen molar-refractivity contribution in [2.75, 3.05) is 59.9 Å². The first kappa shape index (κ1) is 18.5. The third-order valence-electron chi connectivity index (χ3n) is 6.13. The molecule has 1 atom stereocenters. The summed E-state index contributed by atoms with van der Waals surface area (Å²) in [6, 6.07) is 0. The molecule has 0 spiro atoms. The van der Waals surface area contributed by atoms with Gasteiger partial charge in [-0.15, -0.1) is 0 Å². The minimum atomic E-state index is 0.162. The van der Waals surface area contributed by atoms with Gasteiger partial charge < -0.3 is 20.0 Å². The fourth-order valence-corrected chi connectivity index (χ4v) is 3.50. The number of hydrogen-bond acceptors (Lipinski definition) is 3. The molecule has 0 bridgehead atoms. The molecule has 2 saturated heterocycles. The van der Waals surface area contributed by atoms with E-state index >= 15 is 0 Å². The van der Waals surface area contributed by atoms with Crippen LogP contribution < -0.4 is 5.32 Å². The summed E-state index contributed by atoms with van der Waals surface area (Å²) >= 11 is 0. The average molecular weight is 324 g/mol. The Labute approximate surface area is 143 Å². The first-order chi connectivity index (χ1) is 10.7. The molecule has 5 nitrogen and oxygen atoms in total. The van der Waals surface area contributed by atoms with Crippen LogP contribution in [0.15, 0.2) is 4.99 Å². The van der Waals surface area contributed by atoms with E-state index in [4.69, 9.17) is 0 Å². The Morgan fingerprint density at radius 2 is 1.74 bits per heavy atom. The van der Waals surface area contributed by atoms with Crippen molar-refractivity contribution in [1.82, 2.24) is 20.0 Å². The molecule has 0 aliphatic carbocycles. The van der Waals surface area contributed by atoms with Gasteiger partial charge in [-0.3, -0.25) is 4.99 Å². The fraction of sp³-hybridized carbons (Fsp3) is 0.944. The predicted molar refractivity (Wildman–Crippen MR) is 99.0 cm³/mol. The van der Waals surface area contributed by atoms with Crippen LogP contribution in [0.2, 0.25) is 0 Å². The van der Waals surface area contributed by atoms with Crippen molar-refractivity contribution in [3.05, 3.63) is 0 Å². The second-order valence-corrected chi connectivity index (χ2v) is 8.67. The molecule has 2 heterocycles. The van der Waals surface area contributed by atoms with Crippen LogP contribution in [0.3, 0.4) is 0 Å². The first-order valence-corrected chi connectivity index (χ1v) is 9.06. The lowest BCUT2D eigenvalue weighted by molar-refractivity contribution is -0.0668. The van der Waals surface area contributed by atoms with Gasteiger partial charge in [-0.25, -0.2) is 0 Å². The summed E-state index contributed by atoms with van der Waals surface area (Å²) in [6.45, 7) is 19.7. The highest BCUT2D eigenvalue weighted by Crippen LogP contribution is 2.46. The maximum atomic E-state index is 4.51. The van der Waals surface area contributed by atoms with Gasteiger partial charge in [-0.2, -0.15) is 0 Å². The lowest BCUT2D eigenvalue weighted by Crippen LogP contribution is -2.72. The Balaban J connectivity index is 1.78. The molecule has 0 radical (unpaired) electrons. The molecule has 2 aliphatic heterocycles. The number of rotatable bonds is 4. The molecular formula is C18H37N5. The van der Waals surface area contributed by atoms with Gasteiger partial charge >= 0.3 is 0 Å². The molecular weight excluding hydrogens is 286 g/mol. The van der Waals surface area contributed by atoms with Gasteiger partial charge in [0.1, 0.15) is 0 Å². The van der Waals surface area contributed by atoms with E-state index in [-0.39, 0.29) is 5.54 Å². The molecule has 0 aromatic carbocycles. The van der Waals surface area contributed by atoms with Gasteiger partial charge in [0.25, 0.3) is 0 Å². The van der Waals surface area contributed by atoms with Crippen LogP contribution in [0.1, 0.15) is 34.6 Å². The van der Waals surface area contributed by atoms with Gasteiger partial charge in [0.2, 0.25) is 0 Å². The standard InChI is InChI=1S/C18H37N5/c1-15(13-22-10-8-21(7)9-11-22)12-20-16(19-6)23-14-17(2,3)18(23,4)5/h15H,8-14H2,1-7H3,(H,19,20). The SMILES string of the molecule is CN=C(NCC(C)CN1CCN(C)CC1)N1CC(C)(C)C1(C)C. The Morgan fingerprint density at radius 3 is 2.22 bits per heavy atom. The van der Waals surface area contributed by atoms with Crippen molar-refractivity contribution in [1.29, 1.82) is 0 Å². The third-order valence-corrected chi connectivity index (χ3v) is 6.13. The summed E-state index contributed by atoms with van der Waals surface area (Å²) in [5.74, 6) is 1.69. The van der Waals surface area contributed by atoms with Crippen LogP contribution in [0.25, 0.3) is 0 Å². The molecule has 0 amide bonds. The second kappa shape index (κ2) is 6.98. The van der Waals surface area contributed by atoms with Crippen molar-refractivity contribution in [2.45, 2.75) is 40.2 Å². The second-order valence-electron chi connectivity index (χ2n) is 8.67. The molecule has 2 fully saturated rings. The van der Waals surface area contributed by atoms with E-state index in [1.807, 2.05) is 7.05 Å². The smallest absolute Gasteiger partial charge is 0.194 e. The van der Waals surface area contributed by atoms with E-state index in [0.717, 1.165) is 19.0 Å². The largest absolute Gasteiger partial charge is 0.356 e. The zero-order chi connectivity index (χ0) is 17.3. The summed E-state index contributed by atoms with van der Waals surface area (Å²) in [4.78, 5) is 11.9. The van der Waals surface area contributed by atoms with Gasteiger partial charge in [0, 0.05) is 63.8 Å². The number of guanidine groups is 1. The molecule has 23 heavy (non-hydrogen) atoms. The number of hydrogen-bond donors (Lipinski definition) is 1. The van der Waals surface area contributed by atoms with E-state index in [1.54, 1.807) is 0 Å². The van der Waals surface area contributed by atoms with Crippen molar-refractivity contribution < 1.29 is 0 Å². The van der Waals surface area contributed by atoms with Gasteiger partial charge in [0.15, 0.2) is 5.96 Å². The molecule has 2 aliphatic rings. The Hall–Kier alpha value is -0.810. The fourth-order valence-electron chi connectivity index (χ4n) is 3.50. The Morgan fingerprint density at radius 1 is 1.13 bits per heavy atom. The van der Waals surface area contributed by atoms with Crippen LogP contribution >= 0.6 is 0 Å². The monoisotopic (exact) mass is 323 g/mol. The normalized spacial score (nSPS) is 26.7. The van der Waals surface area contributed by atoms with Crippen molar-refractivity contribution in [2.24, 2.45) is 16.3 Å². The number of likely N-dealkylation sites (tertiary alicyclic amines) is 1.